The van der Waals surface area contributed by atoms with E-state index in [0.717, 1.165) is 13.0 Å². The average Bonchev–Trinajstić information content (AvgIpc) is 2.24. The zero-order valence-corrected chi connectivity index (χ0v) is 14.5. The van der Waals surface area contributed by atoms with E-state index < -0.39 is 26.5 Å². The molecule has 0 aliphatic carbocycles. The lowest BCUT2D eigenvalue weighted by Crippen LogP contribution is -2.60. The number of morpholine rings is 1. The molecule has 1 saturated heterocycles. The highest BCUT2D eigenvalue weighted by Gasteiger charge is 2.43. The number of nitrogens with one attached hydrogen (secondary N) is 1. The standard InChI is InChI=1S/C14H30N2O3S/c1-7-8-15-9-12(2)20(17,18)16-10-13(3,4)19-14(5,6)11-16/h12,15H,7-11H2,1-6H3. The summed E-state index contributed by atoms with van der Waals surface area (Å²) < 4.78 is 32.9. The molecule has 0 aromatic carbocycles. The van der Waals surface area contributed by atoms with Crippen LogP contribution in [0.3, 0.4) is 0 Å². The number of hydrogen-bond donors (Lipinski definition) is 1. The molecule has 1 heterocycles. The van der Waals surface area contributed by atoms with Crippen LogP contribution in [0.5, 0.6) is 0 Å². The van der Waals surface area contributed by atoms with E-state index in [1.165, 1.54) is 0 Å². The van der Waals surface area contributed by atoms with Crippen LogP contribution < -0.4 is 5.32 Å². The van der Waals surface area contributed by atoms with Crippen LogP contribution in [0.25, 0.3) is 0 Å². The molecule has 1 N–H and O–H groups in total. The van der Waals surface area contributed by atoms with E-state index in [1.54, 1.807) is 11.2 Å². The molecule has 1 aliphatic rings. The van der Waals surface area contributed by atoms with Gasteiger partial charge in [-0.3, -0.25) is 0 Å². The Labute approximate surface area is 124 Å². The Hall–Kier alpha value is -0.170. The Morgan fingerprint density at radius 1 is 1.20 bits per heavy atom. The molecule has 5 nitrogen and oxygen atoms in total. The van der Waals surface area contributed by atoms with Gasteiger partial charge in [0, 0.05) is 19.6 Å². The minimum Gasteiger partial charge on any atom is -0.367 e. The van der Waals surface area contributed by atoms with Crippen LogP contribution >= 0.6 is 0 Å². The van der Waals surface area contributed by atoms with Gasteiger partial charge in [-0.1, -0.05) is 6.92 Å². The second kappa shape index (κ2) is 6.30. The fraction of sp³-hybridized carbons (Fsp3) is 1.00. The molecule has 0 aromatic heterocycles. The second-order valence-corrected chi connectivity index (χ2v) is 9.30. The van der Waals surface area contributed by atoms with Gasteiger partial charge in [0.15, 0.2) is 0 Å². The van der Waals surface area contributed by atoms with Gasteiger partial charge in [-0.05, 0) is 47.6 Å². The van der Waals surface area contributed by atoms with Crippen molar-refractivity contribution in [3.63, 3.8) is 0 Å². The van der Waals surface area contributed by atoms with Gasteiger partial charge in [0.2, 0.25) is 10.0 Å². The van der Waals surface area contributed by atoms with Gasteiger partial charge in [-0.2, -0.15) is 4.31 Å². The van der Waals surface area contributed by atoms with Crippen molar-refractivity contribution in [2.75, 3.05) is 26.2 Å². The number of nitrogens with zero attached hydrogens (tertiary/aromatic N) is 1. The predicted octanol–water partition coefficient (Wildman–Crippen LogP) is 1.59. The summed E-state index contributed by atoms with van der Waals surface area (Å²) in [6.45, 7) is 13.8. The summed E-state index contributed by atoms with van der Waals surface area (Å²) in [5.74, 6) is 0. The number of sulfonamides is 1. The second-order valence-electron chi connectivity index (χ2n) is 6.95. The number of ether oxygens (including phenoxy) is 1. The molecule has 120 valence electrons. The number of rotatable bonds is 6. The fourth-order valence-electron chi connectivity index (χ4n) is 2.74. The Bertz CT molecular complexity index is 402. The van der Waals surface area contributed by atoms with Crippen LogP contribution in [-0.2, 0) is 14.8 Å². The summed E-state index contributed by atoms with van der Waals surface area (Å²) in [5, 5.41) is 2.77. The first-order chi connectivity index (χ1) is 9.00. The van der Waals surface area contributed by atoms with Crippen molar-refractivity contribution in [1.82, 2.24) is 9.62 Å². The van der Waals surface area contributed by atoms with Crippen LogP contribution in [0, 0.1) is 0 Å². The highest BCUT2D eigenvalue weighted by atomic mass is 32.2. The maximum Gasteiger partial charge on any atom is 0.218 e. The van der Waals surface area contributed by atoms with E-state index in [4.69, 9.17) is 4.74 Å². The molecule has 1 atom stereocenters. The maximum atomic E-state index is 12.7. The van der Waals surface area contributed by atoms with Crippen molar-refractivity contribution >= 4 is 10.0 Å². The summed E-state index contributed by atoms with van der Waals surface area (Å²) in [6, 6.07) is 0. The summed E-state index contributed by atoms with van der Waals surface area (Å²) in [7, 11) is -3.29. The predicted molar refractivity (Wildman–Crippen MR) is 82.4 cm³/mol. The molecule has 0 radical (unpaired) electrons. The van der Waals surface area contributed by atoms with Crippen molar-refractivity contribution in [1.29, 1.82) is 0 Å². The van der Waals surface area contributed by atoms with Crippen molar-refractivity contribution in [2.45, 2.75) is 64.4 Å². The first-order valence-electron chi connectivity index (χ1n) is 7.40. The molecule has 1 rings (SSSR count). The maximum absolute atomic E-state index is 12.7. The minimum atomic E-state index is -3.29. The zero-order valence-electron chi connectivity index (χ0n) is 13.7. The topological polar surface area (TPSA) is 58.6 Å². The summed E-state index contributed by atoms with van der Waals surface area (Å²) in [4.78, 5) is 0. The Kier molecular flexibility index (Phi) is 5.63. The van der Waals surface area contributed by atoms with E-state index in [9.17, 15) is 8.42 Å². The van der Waals surface area contributed by atoms with Crippen molar-refractivity contribution in [3.05, 3.63) is 0 Å². The van der Waals surface area contributed by atoms with E-state index >= 15 is 0 Å². The lowest BCUT2D eigenvalue weighted by molar-refractivity contribution is -0.164. The third-order valence-corrected chi connectivity index (χ3v) is 5.56. The smallest absolute Gasteiger partial charge is 0.218 e. The van der Waals surface area contributed by atoms with E-state index in [-0.39, 0.29) is 0 Å². The highest BCUT2D eigenvalue weighted by Crippen LogP contribution is 2.30. The monoisotopic (exact) mass is 306 g/mol. The van der Waals surface area contributed by atoms with Gasteiger partial charge in [0.25, 0.3) is 0 Å². The van der Waals surface area contributed by atoms with Gasteiger partial charge in [-0.15, -0.1) is 0 Å². The Balaban J connectivity index is 2.80. The molecule has 1 unspecified atom stereocenters. The molecule has 0 amide bonds. The van der Waals surface area contributed by atoms with Crippen LogP contribution in [0.4, 0.5) is 0 Å². The molecule has 0 bridgehead atoms. The molecule has 0 aromatic rings. The van der Waals surface area contributed by atoms with E-state index in [1.807, 2.05) is 27.7 Å². The Morgan fingerprint density at radius 3 is 2.15 bits per heavy atom. The van der Waals surface area contributed by atoms with Gasteiger partial charge in [0.05, 0.1) is 16.5 Å². The van der Waals surface area contributed by atoms with Crippen LogP contribution in [-0.4, -0.2) is 55.4 Å². The molecule has 0 saturated carbocycles. The lowest BCUT2D eigenvalue weighted by Gasteiger charge is -2.47. The first-order valence-corrected chi connectivity index (χ1v) is 8.90. The molecule has 20 heavy (non-hydrogen) atoms. The summed E-state index contributed by atoms with van der Waals surface area (Å²) >= 11 is 0. The van der Waals surface area contributed by atoms with Crippen molar-refractivity contribution in [2.24, 2.45) is 0 Å². The van der Waals surface area contributed by atoms with E-state index in [2.05, 4.69) is 12.2 Å². The summed E-state index contributed by atoms with van der Waals surface area (Å²) in [5.41, 5.74) is -0.906. The average molecular weight is 306 g/mol. The SMILES string of the molecule is CCCNCC(C)S(=O)(=O)N1CC(C)(C)OC(C)(C)C1. The van der Waals surface area contributed by atoms with Gasteiger partial charge in [0.1, 0.15) is 0 Å². The van der Waals surface area contributed by atoms with Crippen molar-refractivity contribution < 1.29 is 13.2 Å². The molecular weight excluding hydrogens is 276 g/mol. The van der Waals surface area contributed by atoms with E-state index in [0.29, 0.717) is 19.6 Å². The highest BCUT2D eigenvalue weighted by molar-refractivity contribution is 7.89. The largest absolute Gasteiger partial charge is 0.367 e. The van der Waals surface area contributed by atoms with Crippen LogP contribution in [0.2, 0.25) is 0 Å². The van der Waals surface area contributed by atoms with Crippen LogP contribution in [0.15, 0.2) is 0 Å². The van der Waals surface area contributed by atoms with Crippen molar-refractivity contribution in [3.8, 4) is 0 Å². The third-order valence-electron chi connectivity index (χ3n) is 3.39. The zero-order chi connectivity index (χ0) is 15.6. The fourth-order valence-corrected chi connectivity index (χ4v) is 4.56. The van der Waals surface area contributed by atoms with Gasteiger partial charge >= 0.3 is 0 Å². The first kappa shape index (κ1) is 17.9. The van der Waals surface area contributed by atoms with Crippen LogP contribution in [0.1, 0.15) is 48.0 Å². The molecule has 6 heteroatoms. The molecule has 1 aliphatic heterocycles. The Morgan fingerprint density at radius 2 is 1.70 bits per heavy atom. The molecular formula is C14H30N2O3S. The summed E-state index contributed by atoms with van der Waals surface area (Å²) in [6.07, 6.45) is 1.00. The lowest BCUT2D eigenvalue weighted by atomic mass is 10.0. The number of hydrogen-bond acceptors (Lipinski definition) is 4. The third kappa shape index (κ3) is 4.69. The van der Waals surface area contributed by atoms with Gasteiger partial charge in [-0.25, -0.2) is 8.42 Å². The normalized spacial score (nSPS) is 24.5. The molecule has 0 spiro atoms. The van der Waals surface area contributed by atoms with Gasteiger partial charge < -0.3 is 10.1 Å². The quantitative estimate of drug-likeness (QED) is 0.757. The molecule has 1 fully saturated rings. The minimum absolute atomic E-state index is 0.414.